The highest BCUT2D eigenvalue weighted by atomic mass is 35.5. The summed E-state index contributed by atoms with van der Waals surface area (Å²) in [5.74, 6) is -4.52. The van der Waals surface area contributed by atoms with Gasteiger partial charge in [-0.1, -0.05) is 62.7 Å². The molecule has 6 aromatic rings. The average Bonchev–Trinajstić information content (AvgIpc) is 4.41. The third kappa shape index (κ3) is 12.1. The summed E-state index contributed by atoms with van der Waals surface area (Å²) in [6.45, 7) is 9.42. The molecule has 0 saturated carbocycles. The van der Waals surface area contributed by atoms with E-state index in [1.807, 2.05) is 49.1 Å². The molecule has 0 aliphatic carbocycles. The molecule has 4 saturated heterocycles. The zero-order valence-electron chi connectivity index (χ0n) is 45.7. The summed E-state index contributed by atoms with van der Waals surface area (Å²) in [5, 5.41) is 30.3. The topological polar surface area (TPSA) is 224 Å². The van der Waals surface area contributed by atoms with Crippen LogP contribution in [0.4, 0.5) is 32.8 Å². The van der Waals surface area contributed by atoms with Gasteiger partial charge in [0.05, 0.1) is 62.1 Å². The zero-order chi connectivity index (χ0) is 58.5. The lowest BCUT2D eigenvalue weighted by Crippen LogP contribution is -2.63. The normalized spacial score (nSPS) is 21.8. The number of β-amino-alcohol motifs (C(OH)–C–C–N with tert-alkyl or cyclic N) is 1. The maximum atomic E-state index is 17.3. The number of carbonyl (C=O) groups excluding carboxylic acids is 3. The van der Waals surface area contributed by atoms with E-state index in [4.69, 9.17) is 26.8 Å². The average molecular weight is 1190 g/mol. The second-order valence-corrected chi connectivity index (χ2v) is 25.0. The largest absolute Gasteiger partial charge is 0.462 e. The number of aryl methyl sites for hydroxylation is 1. The molecule has 17 nitrogen and oxygen atoms in total. The molecule has 3 amide bonds. The van der Waals surface area contributed by atoms with Gasteiger partial charge < -0.3 is 46.1 Å². The third-order valence-corrected chi connectivity index (χ3v) is 18.3. The van der Waals surface area contributed by atoms with Crippen molar-refractivity contribution < 1.29 is 50.9 Å². The molecule has 0 spiro atoms. The van der Waals surface area contributed by atoms with Crippen molar-refractivity contribution in [2.24, 2.45) is 11.3 Å². The van der Waals surface area contributed by atoms with Crippen molar-refractivity contribution in [3.05, 3.63) is 81.5 Å². The van der Waals surface area contributed by atoms with E-state index in [1.165, 1.54) is 17.0 Å². The summed E-state index contributed by atoms with van der Waals surface area (Å²) in [6, 6.07) is 9.94. The Morgan fingerprint density at radius 2 is 1.76 bits per heavy atom. The summed E-state index contributed by atoms with van der Waals surface area (Å²) in [5.41, 5.74) is 9.51. The number of hydrogen-bond acceptors (Lipinski definition) is 16. The van der Waals surface area contributed by atoms with Crippen LogP contribution in [-0.4, -0.2) is 143 Å². The molecule has 0 radical (unpaired) electrons. The molecular formula is C57H63ClF5N11O6S2. The summed E-state index contributed by atoms with van der Waals surface area (Å²) in [4.78, 5) is 60.8. The van der Waals surface area contributed by atoms with Gasteiger partial charge in [0.15, 0.2) is 5.82 Å². The molecule has 25 heteroatoms. The number of anilines is 2. The smallest absolute Gasteiger partial charge is 0.394 e. The van der Waals surface area contributed by atoms with Crippen molar-refractivity contribution in [1.82, 2.24) is 40.7 Å². The number of alkyl halides is 3. The molecule has 436 valence electrons. The maximum Gasteiger partial charge on any atom is 0.394 e. The van der Waals surface area contributed by atoms with Gasteiger partial charge in [-0.25, -0.2) is 13.8 Å². The van der Waals surface area contributed by atoms with Crippen molar-refractivity contribution in [2.45, 2.75) is 115 Å². The molecule has 82 heavy (non-hydrogen) atoms. The first-order chi connectivity index (χ1) is 39.0. The van der Waals surface area contributed by atoms with E-state index in [-0.39, 0.29) is 117 Å². The van der Waals surface area contributed by atoms with Gasteiger partial charge in [0.25, 0.3) is 0 Å². The fourth-order valence-electron chi connectivity index (χ4n) is 11.7. The monoisotopic (exact) mass is 1190 g/mol. The molecule has 4 fully saturated rings. The van der Waals surface area contributed by atoms with Crippen molar-refractivity contribution in [3.63, 3.8) is 0 Å². The standard InChI is InChI=1S/C57H63ClF5N11O6S2/c1-28(30-7-9-31(10-8-30)48-29(2)66-27-81-48)67-53(77)41-19-34(75)24-74(41)54(78)50(56(3,4)5)69-43(76)15-18-79-17-6-16-72-25-38(57(61,62)63)42(72)26-80-55-70-47-36(52(71-55)73-22-32-11-12-33(23-73)68-32)20-39(58)45(46(47)60)35-13-14-40(59)49-44(35)37(21-64)51(65)82-49/h7-10,13-14,20,27-28,32-34,38,41-42,50,68,75H,6,11-12,15-19,22-26,65H2,1-5H3,(H,67,77)(H,69,76)/t28-,32?,33?,34+,38+,41-,42+,50+/m0/s1. The SMILES string of the molecule is Cc1ncsc1-c1ccc([C@H](C)NC(=O)[C@@H]2C[C@@H](O)CN2C(=O)[C@@H](NC(=O)CCOCCCN2C[C@@H](C(F)(F)F)[C@H]2COc2nc(N3CC4CCC(C3)N4)c3cc(Cl)c(-c4ccc(F)c5sc(N)c(C#N)c45)c(F)c3n2)C(C)(C)C)cc1. The number of rotatable bonds is 18. The number of halogens is 6. The number of benzene rings is 3. The molecule has 3 aromatic carbocycles. The summed E-state index contributed by atoms with van der Waals surface area (Å²) in [7, 11) is 0. The van der Waals surface area contributed by atoms with E-state index in [1.54, 1.807) is 42.5 Å². The van der Waals surface area contributed by atoms with Crippen LogP contribution in [0, 0.1) is 41.2 Å². The molecule has 4 aliphatic heterocycles. The summed E-state index contributed by atoms with van der Waals surface area (Å²) < 4.78 is 87.6. The van der Waals surface area contributed by atoms with Crippen LogP contribution in [0.2, 0.25) is 5.02 Å². The number of nitrogen functional groups attached to an aromatic ring is 1. The Labute approximate surface area is 483 Å². The quantitative estimate of drug-likeness (QED) is 0.0401. The Morgan fingerprint density at radius 3 is 2.43 bits per heavy atom. The molecule has 4 aliphatic rings. The van der Waals surface area contributed by atoms with Gasteiger partial charge in [-0.3, -0.25) is 19.3 Å². The number of hydrogen-bond donors (Lipinski definition) is 5. The third-order valence-electron chi connectivity index (χ3n) is 16.0. The number of fused-ring (bicyclic) bond motifs is 4. The fraction of sp³-hybridized carbons (Fsp3) is 0.491. The lowest BCUT2D eigenvalue weighted by molar-refractivity contribution is -0.234. The number of thiazole rings is 1. The van der Waals surface area contributed by atoms with Crippen molar-refractivity contribution in [2.75, 3.05) is 63.2 Å². The van der Waals surface area contributed by atoms with Gasteiger partial charge in [0.2, 0.25) is 17.7 Å². The number of nitriles is 1. The number of thiophene rings is 1. The highest BCUT2D eigenvalue weighted by molar-refractivity contribution is 7.23. The maximum absolute atomic E-state index is 17.3. The zero-order valence-corrected chi connectivity index (χ0v) is 48.1. The number of aromatic nitrogens is 3. The van der Waals surface area contributed by atoms with Gasteiger partial charge in [-0.15, -0.1) is 22.7 Å². The van der Waals surface area contributed by atoms with E-state index in [2.05, 4.69) is 30.9 Å². The molecule has 2 unspecified atom stereocenters. The number of carbonyl (C=O) groups is 3. The van der Waals surface area contributed by atoms with E-state index in [0.717, 1.165) is 51.9 Å². The Balaban J connectivity index is 0.762. The van der Waals surface area contributed by atoms with Crippen LogP contribution in [0.5, 0.6) is 6.01 Å². The van der Waals surface area contributed by atoms with E-state index >= 15 is 8.78 Å². The van der Waals surface area contributed by atoms with Crippen molar-refractivity contribution in [1.29, 1.82) is 5.26 Å². The molecule has 2 bridgehead atoms. The number of piperazine rings is 1. The predicted octanol–water partition coefficient (Wildman–Crippen LogP) is 8.68. The highest BCUT2D eigenvalue weighted by Crippen LogP contribution is 2.47. The first-order valence-electron chi connectivity index (χ1n) is 27.2. The van der Waals surface area contributed by atoms with Gasteiger partial charge in [-0.2, -0.15) is 28.4 Å². The number of ether oxygens (including phenoxy) is 2. The second kappa shape index (κ2) is 23.7. The Kier molecular flexibility index (Phi) is 17.0. The van der Waals surface area contributed by atoms with Gasteiger partial charge in [-0.05, 0) is 67.3 Å². The number of nitrogens with one attached hydrogen (secondary N) is 3. The number of amides is 3. The first kappa shape index (κ1) is 58.9. The van der Waals surface area contributed by atoms with Crippen LogP contribution in [0.3, 0.4) is 0 Å². The Morgan fingerprint density at radius 1 is 1.02 bits per heavy atom. The van der Waals surface area contributed by atoms with Gasteiger partial charge in [0, 0.05) is 80.6 Å². The molecular weight excluding hydrogens is 1130 g/mol. The van der Waals surface area contributed by atoms with Crippen LogP contribution in [0.15, 0.2) is 48.0 Å². The molecule has 6 N–H and O–H groups in total. The number of nitrogens with two attached hydrogens (primary N) is 1. The Hall–Kier alpha value is -6.33. The summed E-state index contributed by atoms with van der Waals surface area (Å²) in [6.07, 6.45) is -3.55. The molecule has 3 aromatic heterocycles. The lowest BCUT2D eigenvalue weighted by Gasteiger charge is -2.48. The van der Waals surface area contributed by atoms with E-state index in [0.29, 0.717) is 19.5 Å². The molecule has 8 atom stereocenters. The minimum atomic E-state index is -4.57. The van der Waals surface area contributed by atoms with Crippen molar-refractivity contribution >= 4 is 83.8 Å². The summed E-state index contributed by atoms with van der Waals surface area (Å²) >= 11 is 9.26. The van der Waals surface area contributed by atoms with Crippen LogP contribution < -0.4 is 31.3 Å². The minimum Gasteiger partial charge on any atom is -0.462 e. The molecule has 7 heterocycles. The Bertz CT molecular complexity index is 3430. The lowest BCUT2D eigenvalue weighted by atomic mass is 9.85. The van der Waals surface area contributed by atoms with Crippen LogP contribution >= 0.6 is 34.3 Å². The minimum absolute atomic E-state index is 0.0219. The predicted molar refractivity (Wildman–Crippen MR) is 303 cm³/mol. The molecule has 10 rings (SSSR count). The number of nitrogens with zero attached hydrogens (tertiary/aromatic N) is 7. The van der Waals surface area contributed by atoms with Crippen molar-refractivity contribution in [3.8, 4) is 33.6 Å². The van der Waals surface area contributed by atoms with Crippen LogP contribution in [0.25, 0.3) is 42.6 Å². The van der Waals surface area contributed by atoms with E-state index < -0.39 is 83.7 Å². The van der Waals surface area contributed by atoms with Crippen LogP contribution in [0.1, 0.15) is 82.7 Å². The number of likely N-dealkylation sites (tertiary alicyclic amines) is 2. The van der Waals surface area contributed by atoms with Gasteiger partial charge >= 0.3 is 12.2 Å². The first-order valence-corrected chi connectivity index (χ1v) is 29.3. The van der Waals surface area contributed by atoms with Gasteiger partial charge in [0.1, 0.15) is 46.9 Å². The van der Waals surface area contributed by atoms with Crippen LogP contribution in [-0.2, 0) is 19.1 Å². The fourth-order valence-corrected chi connectivity index (χ4v) is 13.7. The second-order valence-electron chi connectivity index (χ2n) is 22.7. The van der Waals surface area contributed by atoms with E-state index in [9.17, 15) is 37.9 Å². The number of aliphatic hydroxyl groups excluding tert-OH is 1. The highest BCUT2D eigenvalue weighted by Gasteiger charge is 2.54. The number of aliphatic hydroxyl groups is 1.